The molecule has 2 aromatic rings. The highest BCUT2D eigenvalue weighted by Gasteiger charge is 2.35. The molecule has 1 aromatic heterocycles. The van der Waals surface area contributed by atoms with E-state index in [-0.39, 0.29) is 17.7 Å². The summed E-state index contributed by atoms with van der Waals surface area (Å²) >= 11 is 0. The number of carbonyl (C=O) groups excluding carboxylic acids is 1. The number of aryl methyl sites for hydroxylation is 1. The van der Waals surface area contributed by atoms with Crippen LogP contribution in [0, 0.1) is 12.8 Å². The molecule has 8 nitrogen and oxygen atoms in total. The number of likely N-dealkylation sites (tertiary alicyclic amines) is 2. The number of ether oxygens (including phenoxy) is 1. The second-order valence-corrected chi connectivity index (χ2v) is 11.0. The minimum Gasteiger partial charge on any atom is -0.507 e. The Balaban J connectivity index is 1.31. The summed E-state index contributed by atoms with van der Waals surface area (Å²) in [6.45, 7) is 11.5. The second-order valence-electron chi connectivity index (χ2n) is 11.0. The smallest absolute Gasteiger partial charge is 0.416 e. The number of phenols is 1. The Morgan fingerprint density at radius 2 is 1.89 bits per heavy atom. The molecule has 0 bridgehead atoms. The Labute approximate surface area is 214 Å². The van der Waals surface area contributed by atoms with Crippen LogP contribution < -0.4 is 5.32 Å². The van der Waals surface area contributed by atoms with Gasteiger partial charge in [0, 0.05) is 43.7 Å². The second kappa shape index (κ2) is 10.4. The van der Waals surface area contributed by atoms with Crippen molar-refractivity contribution in [3.63, 3.8) is 0 Å². The summed E-state index contributed by atoms with van der Waals surface area (Å²) in [4.78, 5) is 16.3. The van der Waals surface area contributed by atoms with Gasteiger partial charge in [0.1, 0.15) is 17.2 Å². The van der Waals surface area contributed by atoms with E-state index in [2.05, 4.69) is 20.4 Å². The molecule has 2 aliphatic heterocycles. The van der Waals surface area contributed by atoms with Gasteiger partial charge in [0.15, 0.2) is 0 Å². The summed E-state index contributed by atoms with van der Waals surface area (Å²) in [7, 11) is 0. The van der Waals surface area contributed by atoms with Crippen molar-refractivity contribution in [3.05, 3.63) is 35.4 Å². The Morgan fingerprint density at radius 3 is 2.51 bits per heavy atom. The fraction of sp³-hybridized carbons (Fsp3) is 0.577. The molecule has 0 spiro atoms. The Morgan fingerprint density at radius 1 is 1.16 bits per heavy atom. The molecule has 4 rings (SSSR count). The molecule has 0 saturated carbocycles. The number of aromatic nitrogens is 2. The van der Waals surface area contributed by atoms with Gasteiger partial charge in [0.2, 0.25) is 0 Å². The molecular formula is C26H34F3N5O3. The van der Waals surface area contributed by atoms with E-state index in [0.717, 1.165) is 38.5 Å². The zero-order valence-electron chi connectivity index (χ0n) is 21.6. The van der Waals surface area contributed by atoms with Crippen LogP contribution in [0.2, 0.25) is 0 Å². The van der Waals surface area contributed by atoms with Crippen LogP contribution in [-0.2, 0) is 10.9 Å². The first-order valence-corrected chi connectivity index (χ1v) is 12.5. The lowest BCUT2D eigenvalue weighted by atomic mass is 9.97. The molecule has 2 fully saturated rings. The van der Waals surface area contributed by atoms with Crippen LogP contribution in [0.1, 0.15) is 44.7 Å². The van der Waals surface area contributed by atoms with Crippen molar-refractivity contribution in [2.45, 2.75) is 58.4 Å². The number of amides is 1. The van der Waals surface area contributed by atoms with Gasteiger partial charge in [-0.25, -0.2) is 4.79 Å². The lowest BCUT2D eigenvalue weighted by Gasteiger charge is -2.43. The number of aromatic hydroxyl groups is 1. The number of hydrogen-bond acceptors (Lipinski definition) is 7. The summed E-state index contributed by atoms with van der Waals surface area (Å²) in [6.07, 6.45) is -2.78. The number of halogens is 3. The fourth-order valence-corrected chi connectivity index (χ4v) is 4.80. The molecule has 2 aliphatic rings. The maximum atomic E-state index is 12.9. The molecule has 3 heterocycles. The number of phenolic OH excluding ortho intramolecular Hbond substituents is 1. The standard InChI is InChI=1S/C26H34F3N5O3/c1-16-10-22(31-32-23(16)20-8-7-18(11-21(20)35)26(27,28)29)30-19-6-5-9-33(15-19)12-17-13-34(14-17)24(36)37-25(2,3)4/h7-8,10-11,17,19,35H,5-6,9,12-15H2,1-4H3,(H,30,31)/t19-/m1/s1. The number of carbonyl (C=O) groups is 1. The third-order valence-corrected chi connectivity index (χ3v) is 6.55. The lowest BCUT2D eigenvalue weighted by molar-refractivity contribution is -0.137. The first kappa shape index (κ1) is 27.0. The van der Waals surface area contributed by atoms with Crippen LogP contribution in [0.15, 0.2) is 24.3 Å². The number of rotatable bonds is 5. The predicted octanol–water partition coefficient (Wildman–Crippen LogP) is 4.92. The minimum atomic E-state index is -4.53. The van der Waals surface area contributed by atoms with Gasteiger partial charge in [0.25, 0.3) is 0 Å². The lowest BCUT2D eigenvalue weighted by Crippen LogP contribution is -2.56. The number of alkyl halides is 3. The van der Waals surface area contributed by atoms with Crippen molar-refractivity contribution in [1.29, 1.82) is 0 Å². The number of nitrogens with one attached hydrogen (secondary N) is 1. The van der Waals surface area contributed by atoms with Crippen LogP contribution in [0.5, 0.6) is 5.75 Å². The normalized spacial score (nSPS) is 19.4. The van der Waals surface area contributed by atoms with Gasteiger partial charge in [-0.1, -0.05) is 0 Å². The number of anilines is 1. The molecule has 0 radical (unpaired) electrons. The number of nitrogens with zero attached hydrogens (tertiary/aromatic N) is 4. The number of piperidine rings is 1. The Bertz CT molecular complexity index is 1130. The Kier molecular flexibility index (Phi) is 7.55. The van der Waals surface area contributed by atoms with Crippen molar-refractivity contribution in [1.82, 2.24) is 20.0 Å². The third-order valence-electron chi connectivity index (χ3n) is 6.55. The van der Waals surface area contributed by atoms with E-state index < -0.39 is 23.1 Å². The SMILES string of the molecule is Cc1cc(N[C@@H]2CCCN(CC3CN(C(=O)OC(C)(C)C)C3)C2)nnc1-c1ccc(C(F)(F)F)cc1O. The maximum Gasteiger partial charge on any atom is 0.416 e. The summed E-state index contributed by atoms with van der Waals surface area (Å²) in [5.74, 6) is 0.514. The molecule has 2 saturated heterocycles. The van der Waals surface area contributed by atoms with E-state index >= 15 is 0 Å². The van der Waals surface area contributed by atoms with E-state index in [1.54, 1.807) is 17.9 Å². The highest BCUT2D eigenvalue weighted by atomic mass is 19.4. The number of benzene rings is 1. The molecule has 37 heavy (non-hydrogen) atoms. The topological polar surface area (TPSA) is 90.8 Å². The quantitative estimate of drug-likeness (QED) is 0.577. The van der Waals surface area contributed by atoms with E-state index in [1.807, 2.05) is 20.8 Å². The highest BCUT2D eigenvalue weighted by molar-refractivity contribution is 5.70. The van der Waals surface area contributed by atoms with Crippen molar-refractivity contribution in [2.75, 3.05) is 38.0 Å². The molecule has 0 unspecified atom stereocenters. The zero-order chi connectivity index (χ0) is 27.0. The predicted molar refractivity (Wildman–Crippen MR) is 133 cm³/mol. The molecule has 1 atom stereocenters. The summed E-state index contributed by atoms with van der Waals surface area (Å²) in [6, 6.07) is 4.81. The molecule has 11 heteroatoms. The summed E-state index contributed by atoms with van der Waals surface area (Å²) in [5.41, 5.74) is -0.183. The fourth-order valence-electron chi connectivity index (χ4n) is 4.80. The van der Waals surface area contributed by atoms with Gasteiger partial charge in [-0.05, 0) is 76.9 Å². The van der Waals surface area contributed by atoms with Crippen LogP contribution in [0.3, 0.4) is 0 Å². The van der Waals surface area contributed by atoms with E-state index in [0.29, 0.717) is 42.1 Å². The van der Waals surface area contributed by atoms with Gasteiger partial charge in [-0.3, -0.25) is 0 Å². The van der Waals surface area contributed by atoms with E-state index in [9.17, 15) is 23.1 Å². The first-order valence-electron chi connectivity index (χ1n) is 12.5. The molecule has 1 aromatic carbocycles. The van der Waals surface area contributed by atoms with Crippen LogP contribution in [0.4, 0.5) is 23.8 Å². The first-order chi connectivity index (χ1) is 17.3. The molecule has 1 amide bonds. The summed E-state index contributed by atoms with van der Waals surface area (Å²) in [5, 5.41) is 22.0. The monoisotopic (exact) mass is 521 g/mol. The maximum absolute atomic E-state index is 12.9. The van der Waals surface area contributed by atoms with E-state index in [1.165, 1.54) is 6.07 Å². The average molecular weight is 522 g/mol. The molecular weight excluding hydrogens is 487 g/mol. The van der Waals surface area contributed by atoms with Gasteiger partial charge in [0.05, 0.1) is 11.3 Å². The van der Waals surface area contributed by atoms with Crippen molar-refractivity contribution < 1.29 is 27.8 Å². The van der Waals surface area contributed by atoms with Gasteiger partial charge >= 0.3 is 12.3 Å². The van der Waals surface area contributed by atoms with Crippen molar-refractivity contribution >= 4 is 11.9 Å². The molecule has 202 valence electrons. The highest BCUT2D eigenvalue weighted by Crippen LogP contribution is 2.37. The summed E-state index contributed by atoms with van der Waals surface area (Å²) < 4.78 is 44.2. The minimum absolute atomic E-state index is 0.176. The number of hydrogen-bond donors (Lipinski definition) is 2. The van der Waals surface area contributed by atoms with Gasteiger partial charge < -0.3 is 25.0 Å². The van der Waals surface area contributed by atoms with Gasteiger partial charge in [-0.15, -0.1) is 10.2 Å². The van der Waals surface area contributed by atoms with Crippen LogP contribution in [0.25, 0.3) is 11.3 Å². The van der Waals surface area contributed by atoms with E-state index in [4.69, 9.17) is 4.74 Å². The molecule has 0 aliphatic carbocycles. The Hall–Kier alpha value is -3.08. The average Bonchev–Trinajstić information content (AvgIpc) is 2.75. The third kappa shape index (κ3) is 6.82. The van der Waals surface area contributed by atoms with Crippen LogP contribution in [-0.4, -0.2) is 75.6 Å². The molecule has 2 N–H and O–H groups in total. The van der Waals surface area contributed by atoms with Crippen LogP contribution >= 0.6 is 0 Å². The van der Waals surface area contributed by atoms with Crippen molar-refractivity contribution in [2.24, 2.45) is 5.92 Å². The largest absolute Gasteiger partial charge is 0.507 e. The van der Waals surface area contributed by atoms with Gasteiger partial charge in [-0.2, -0.15) is 13.2 Å². The zero-order valence-corrected chi connectivity index (χ0v) is 21.6. The van der Waals surface area contributed by atoms with Crippen molar-refractivity contribution in [3.8, 4) is 17.0 Å².